The molecule has 1 rings (SSSR count). The average molecular weight is 188 g/mol. The lowest BCUT2D eigenvalue weighted by Crippen LogP contribution is -1.70. The molecule has 0 saturated carbocycles. The molecular formula is C14H20. The van der Waals surface area contributed by atoms with Gasteiger partial charge in [0.15, 0.2) is 0 Å². The highest BCUT2D eigenvalue weighted by Crippen LogP contribution is 2.01. The standard InChI is InChI=1S/C14H20/c1-2-4-6-8-10-12-14-13-11-9-7-5-3-1/h1-4,9,11-12,14H,5-8,10,13H2/b3-1+,4-2?,11-9?,14-12?. The van der Waals surface area contributed by atoms with E-state index < -0.39 is 0 Å². The van der Waals surface area contributed by atoms with Crippen molar-refractivity contribution < 1.29 is 0 Å². The summed E-state index contributed by atoms with van der Waals surface area (Å²) < 4.78 is 0. The van der Waals surface area contributed by atoms with Gasteiger partial charge in [-0.2, -0.15) is 0 Å². The highest BCUT2D eigenvalue weighted by atomic mass is 13.9. The maximum atomic E-state index is 2.29. The van der Waals surface area contributed by atoms with Gasteiger partial charge < -0.3 is 0 Å². The Balaban J connectivity index is 2.34. The molecule has 0 aliphatic heterocycles. The summed E-state index contributed by atoms with van der Waals surface area (Å²) in [5.74, 6) is 0. The van der Waals surface area contributed by atoms with Crippen molar-refractivity contribution in [2.24, 2.45) is 0 Å². The van der Waals surface area contributed by atoms with E-state index in [0.717, 1.165) is 19.3 Å². The van der Waals surface area contributed by atoms with E-state index in [9.17, 15) is 0 Å². The molecule has 0 spiro atoms. The highest BCUT2D eigenvalue weighted by Gasteiger charge is 1.81. The van der Waals surface area contributed by atoms with Crippen molar-refractivity contribution in [3.63, 3.8) is 0 Å². The van der Waals surface area contributed by atoms with E-state index in [1.165, 1.54) is 19.3 Å². The Morgan fingerprint density at radius 1 is 0.500 bits per heavy atom. The van der Waals surface area contributed by atoms with Crippen molar-refractivity contribution >= 4 is 0 Å². The third kappa shape index (κ3) is 6.47. The van der Waals surface area contributed by atoms with Crippen molar-refractivity contribution in [1.82, 2.24) is 0 Å². The Morgan fingerprint density at radius 3 is 1.93 bits per heavy atom. The molecule has 76 valence electrons. The molecule has 1 aliphatic carbocycles. The summed E-state index contributed by atoms with van der Waals surface area (Å²) in [6.45, 7) is 0. The van der Waals surface area contributed by atoms with E-state index in [0.29, 0.717) is 0 Å². The number of hydrogen-bond acceptors (Lipinski definition) is 0. The maximum absolute atomic E-state index is 2.29. The maximum Gasteiger partial charge on any atom is -0.0169 e. The summed E-state index contributed by atoms with van der Waals surface area (Å²) >= 11 is 0. The molecule has 14 heavy (non-hydrogen) atoms. The van der Waals surface area contributed by atoms with Gasteiger partial charge in [0.05, 0.1) is 0 Å². The van der Waals surface area contributed by atoms with Crippen molar-refractivity contribution in [3.05, 3.63) is 48.6 Å². The molecule has 0 radical (unpaired) electrons. The van der Waals surface area contributed by atoms with Gasteiger partial charge in [-0.15, -0.1) is 0 Å². The Labute approximate surface area is 87.7 Å². The Morgan fingerprint density at radius 2 is 1.07 bits per heavy atom. The quantitative estimate of drug-likeness (QED) is 0.489. The van der Waals surface area contributed by atoms with Gasteiger partial charge in [0, 0.05) is 0 Å². The second kappa shape index (κ2) is 8.55. The van der Waals surface area contributed by atoms with Gasteiger partial charge in [-0.25, -0.2) is 0 Å². The van der Waals surface area contributed by atoms with Gasteiger partial charge in [-0.1, -0.05) is 48.6 Å². The van der Waals surface area contributed by atoms with Crippen LogP contribution in [0.15, 0.2) is 48.6 Å². The van der Waals surface area contributed by atoms with E-state index in [1.54, 1.807) is 0 Å². The van der Waals surface area contributed by atoms with E-state index in [4.69, 9.17) is 0 Å². The van der Waals surface area contributed by atoms with E-state index >= 15 is 0 Å². The number of hydrogen-bond donors (Lipinski definition) is 0. The molecule has 0 heterocycles. The molecule has 0 aromatic carbocycles. The first-order chi connectivity index (χ1) is 7.00. The fourth-order valence-electron chi connectivity index (χ4n) is 1.40. The molecule has 0 bridgehead atoms. The summed E-state index contributed by atoms with van der Waals surface area (Å²) in [7, 11) is 0. The van der Waals surface area contributed by atoms with Crippen LogP contribution in [-0.2, 0) is 0 Å². The Bertz CT molecular complexity index is 228. The van der Waals surface area contributed by atoms with Crippen molar-refractivity contribution in [2.75, 3.05) is 0 Å². The Hall–Kier alpha value is -1.04. The van der Waals surface area contributed by atoms with Crippen LogP contribution in [0.1, 0.15) is 38.5 Å². The van der Waals surface area contributed by atoms with Crippen LogP contribution in [0.4, 0.5) is 0 Å². The molecule has 0 nitrogen and oxygen atoms in total. The molecular weight excluding hydrogens is 168 g/mol. The van der Waals surface area contributed by atoms with Crippen LogP contribution < -0.4 is 0 Å². The summed E-state index contributed by atoms with van der Waals surface area (Å²) in [5, 5.41) is 0. The van der Waals surface area contributed by atoms with Crippen molar-refractivity contribution in [2.45, 2.75) is 38.5 Å². The largest absolute Gasteiger partial charge is 0.0882 e. The smallest absolute Gasteiger partial charge is 0.0169 e. The molecule has 0 N–H and O–H groups in total. The summed E-state index contributed by atoms with van der Waals surface area (Å²) in [6.07, 6.45) is 25.0. The first-order valence-corrected chi connectivity index (χ1v) is 5.62. The zero-order valence-corrected chi connectivity index (χ0v) is 8.86. The molecule has 0 aromatic heterocycles. The third-order valence-corrected chi connectivity index (χ3v) is 2.23. The van der Waals surface area contributed by atoms with E-state index in [2.05, 4.69) is 48.6 Å². The SMILES string of the molecule is C1=CCCCC=CCC=CCC/C=C/1. The molecule has 0 atom stereocenters. The van der Waals surface area contributed by atoms with Gasteiger partial charge >= 0.3 is 0 Å². The predicted octanol–water partition coefficient (Wildman–Crippen LogP) is 4.57. The predicted molar refractivity (Wildman–Crippen MR) is 64.3 cm³/mol. The first kappa shape index (κ1) is 11.0. The van der Waals surface area contributed by atoms with Gasteiger partial charge in [-0.3, -0.25) is 0 Å². The number of allylic oxidation sites excluding steroid dienone is 8. The van der Waals surface area contributed by atoms with Crippen LogP contribution in [0.25, 0.3) is 0 Å². The lowest BCUT2D eigenvalue weighted by molar-refractivity contribution is 0.865. The molecule has 0 fully saturated rings. The van der Waals surface area contributed by atoms with Gasteiger partial charge in [0.2, 0.25) is 0 Å². The van der Waals surface area contributed by atoms with E-state index in [1.807, 2.05) is 0 Å². The Kier molecular flexibility index (Phi) is 6.74. The summed E-state index contributed by atoms with van der Waals surface area (Å²) in [4.78, 5) is 0. The van der Waals surface area contributed by atoms with E-state index in [-0.39, 0.29) is 0 Å². The zero-order chi connectivity index (χ0) is 9.90. The van der Waals surface area contributed by atoms with Gasteiger partial charge in [0.25, 0.3) is 0 Å². The van der Waals surface area contributed by atoms with Crippen LogP contribution in [0, 0.1) is 0 Å². The monoisotopic (exact) mass is 188 g/mol. The zero-order valence-electron chi connectivity index (χ0n) is 8.86. The van der Waals surface area contributed by atoms with Crippen LogP contribution >= 0.6 is 0 Å². The molecule has 0 aromatic rings. The third-order valence-electron chi connectivity index (χ3n) is 2.23. The summed E-state index contributed by atoms with van der Waals surface area (Å²) in [5.41, 5.74) is 0. The molecule has 0 heteroatoms. The second-order valence-corrected chi connectivity index (χ2v) is 3.54. The fourth-order valence-corrected chi connectivity index (χ4v) is 1.40. The second-order valence-electron chi connectivity index (χ2n) is 3.54. The topological polar surface area (TPSA) is 0 Å². The number of rotatable bonds is 0. The van der Waals surface area contributed by atoms with Crippen LogP contribution in [-0.4, -0.2) is 0 Å². The molecule has 0 saturated heterocycles. The van der Waals surface area contributed by atoms with Crippen molar-refractivity contribution in [1.29, 1.82) is 0 Å². The van der Waals surface area contributed by atoms with Crippen LogP contribution in [0.3, 0.4) is 0 Å². The first-order valence-electron chi connectivity index (χ1n) is 5.62. The summed E-state index contributed by atoms with van der Waals surface area (Å²) in [6, 6.07) is 0. The van der Waals surface area contributed by atoms with Crippen LogP contribution in [0.2, 0.25) is 0 Å². The average Bonchev–Trinajstić information content (AvgIpc) is 2.22. The van der Waals surface area contributed by atoms with Crippen molar-refractivity contribution in [3.8, 4) is 0 Å². The highest BCUT2D eigenvalue weighted by molar-refractivity contribution is 5.03. The van der Waals surface area contributed by atoms with Crippen LogP contribution in [0.5, 0.6) is 0 Å². The molecule has 0 amide bonds. The van der Waals surface area contributed by atoms with Gasteiger partial charge in [-0.05, 0) is 38.5 Å². The minimum Gasteiger partial charge on any atom is -0.0882 e. The lowest BCUT2D eigenvalue weighted by atomic mass is 10.2. The van der Waals surface area contributed by atoms with Gasteiger partial charge in [0.1, 0.15) is 0 Å². The normalized spacial score (nSPS) is 21.7. The molecule has 0 unspecified atom stereocenters. The lowest BCUT2D eigenvalue weighted by Gasteiger charge is -1.91. The minimum atomic E-state index is 1.10. The molecule has 1 aliphatic rings. The minimum absolute atomic E-state index is 1.10. The fraction of sp³-hybridized carbons (Fsp3) is 0.429.